The van der Waals surface area contributed by atoms with Gasteiger partial charge in [0.25, 0.3) is 5.91 Å². The molecule has 6 nitrogen and oxygen atoms in total. The summed E-state index contributed by atoms with van der Waals surface area (Å²) in [4.78, 5) is 33.2. The van der Waals surface area contributed by atoms with E-state index in [0.717, 1.165) is 4.47 Å². The minimum absolute atomic E-state index is 0.0275. The van der Waals surface area contributed by atoms with Crippen molar-refractivity contribution in [2.45, 2.75) is 32.0 Å². The van der Waals surface area contributed by atoms with E-state index < -0.39 is 18.1 Å². The van der Waals surface area contributed by atoms with E-state index in [9.17, 15) is 14.7 Å². The molecule has 2 saturated heterocycles. The fraction of sp³-hybridized carbons (Fsp3) is 0.300. The van der Waals surface area contributed by atoms with Gasteiger partial charge < -0.3 is 5.11 Å². The summed E-state index contributed by atoms with van der Waals surface area (Å²) in [5.74, 6) is -1.39. The number of phenolic OH excluding ortho intramolecular Hbond substituents is 1. The molecule has 2 amide bonds. The smallest absolute Gasteiger partial charge is 0.262 e. The maximum Gasteiger partial charge on any atom is 0.262 e. The number of carbonyl (C=O) groups is 2. The van der Waals surface area contributed by atoms with Gasteiger partial charge in [-0.1, -0.05) is 27.5 Å². The second kappa shape index (κ2) is 7.06. The van der Waals surface area contributed by atoms with Gasteiger partial charge >= 0.3 is 0 Å². The summed E-state index contributed by atoms with van der Waals surface area (Å²) in [6.45, 7) is 3.58. The van der Waals surface area contributed by atoms with Crippen LogP contribution in [0.2, 0.25) is 5.02 Å². The summed E-state index contributed by atoms with van der Waals surface area (Å²) < 4.78 is 0.747. The number of fused-ring (bicyclic) bond motifs is 1. The molecule has 2 aliphatic rings. The summed E-state index contributed by atoms with van der Waals surface area (Å²) in [6, 6.07) is 11.0. The Morgan fingerprint density at radius 2 is 1.79 bits per heavy atom. The highest BCUT2D eigenvalue weighted by Gasteiger charge is 2.60. The van der Waals surface area contributed by atoms with Crippen molar-refractivity contribution < 1.29 is 19.5 Å². The molecule has 0 radical (unpaired) electrons. The minimum Gasteiger partial charge on any atom is -0.508 e. The van der Waals surface area contributed by atoms with Crippen molar-refractivity contribution in [1.29, 1.82) is 0 Å². The number of hydrogen-bond donors (Lipinski definition) is 1. The van der Waals surface area contributed by atoms with Crippen molar-refractivity contribution in [2.24, 2.45) is 5.92 Å². The van der Waals surface area contributed by atoms with Gasteiger partial charge in [-0.05, 0) is 56.3 Å². The molecule has 0 spiro atoms. The van der Waals surface area contributed by atoms with E-state index in [2.05, 4.69) is 15.9 Å². The lowest BCUT2D eigenvalue weighted by Crippen LogP contribution is -2.41. The number of rotatable bonds is 3. The molecule has 146 valence electrons. The number of imide groups is 1. The Morgan fingerprint density at radius 1 is 1.11 bits per heavy atom. The van der Waals surface area contributed by atoms with Crippen LogP contribution < -0.4 is 5.06 Å². The number of anilines is 1. The van der Waals surface area contributed by atoms with Crippen LogP contribution in [0.4, 0.5) is 5.69 Å². The van der Waals surface area contributed by atoms with Crippen LogP contribution in [0.3, 0.4) is 0 Å². The maximum absolute atomic E-state index is 13.1. The van der Waals surface area contributed by atoms with Crippen molar-refractivity contribution in [3.63, 3.8) is 0 Å². The van der Waals surface area contributed by atoms with E-state index in [4.69, 9.17) is 16.4 Å². The van der Waals surface area contributed by atoms with Crippen LogP contribution >= 0.6 is 27.5 Å². The number of hydroxylamine groups is 1. The highest BCUT2D eigenvalue weighted by atomic mass is 79.9. The zero-order valence-corrected chi connectivity index (χ0v) is 17.5. The SMILES string of the molecule is CC(C)N1C(=O)[C@@H]2[C@@H](ON(c3ccc(Cl)cc3)[C@H]2c2cc(Br)ccc2O)C1=O. The molecule has 2 aromatic rings. The average Bonchev–Trinajstić information content (AvgIpc) is 3.14. The molecule has 0 aromatic heterocycles. The Bertz CT molecular complexity index is 950. The number of phenols is 1. The first-order chi connectivity index (χ1) is 13.3. The lowest BCUT2D eigenvalue weighted by atomic mass is 9.90. The Morgan fingerprint density at radius 3 is 2.43 bits per heavy atom. The first-order valence-corrected chi connectivity index (χ1v) is 10.0. The van der Waals surface area contributed by atoms with E-state index in [1.165, 1.54) is 9.96 Å². The molecular weight excluding hydrogens is 448 g/mol. The number of amides is 2. The summed E-state index contributed by atoms with van der Waals surface area (Å²) in [5, 5.41) is 12.6. The van der Waals surface area contributed by atoms with E-state index in [0.29, 0.717) is 16.3 Å². The van der Waals surface area contributed by atoms with Gasteiger partial charge in [0.1, 0.15) is 11.7 Å². The van der Waals surface area contributed by atoms with Crippen LogP contribution in [0, 0.1) is 5.92 Å². The van der Waals surface area contributed by atoms with Crippen LogP contribution in [-0.4, -0.2) is 34.0 Å². The number of benzene rings is 2. The zero-order chi connectivity index (χ0) is 20.2. The van der Waals surface area contributed by atoms with Crippen LogP contribution in [0.1, 0.15) is 25.5 Å². The zero-order valence-electron chi connectivity index (χ0n) is 15.2. The van der Waals surface area contributed by atoms with Crippen LogP contribution in [0.15, 0.2) is 46.9 Å². The summed E-state index contributed by atoms with van der Waals surface area (Å²) in [5.41, 5.74) is 1.14. The lowest BCUT2D eigenvalue weighted by molar-refractivity contribution is -0.145. The molecule has 1 N–H and O–H groups in total. The number of carbonyl (C=O) groups excluding carboxylic acids is 2. The monoisotopic (exact) mass is 464 g/mol. The van der Waals surface area contributed by atoms with E-state index in [-0.39, 0.29) is 23.6 Å². The third-order valence-corrected chi connectivity index (χ3v) is 5.80. The normalized spacial score (nSPS) is 24.4. The topological polar surface area (TPSA) is 70.1 Å². The lowest BCUT2D eigenvalue weighted by Gasteiger charge is -2.30. The first kappa shape index (κ1) is 19.2. The number of nitrogens with zero attached hydrogens (tertiary/aromatic N) is 2. The highest BCUT2D eigenvalue weighted by Crippen LogP contribution is 2.49. The van der Waals surface area contributed by atoms with Crippen molar-refractivity contribution >= 4 is 45.0 Å². The maximum atomic E-state index is 13.1. The van der Waals surface area contributed by atoms with E-state index in [1.807, 2.05) is 0 Å². The van der Waals surface area contributed by atoms with Crippen LogP contribution in [-0.2, 0) is 14.4 Å². The minimum atomic E-state index is -0.936. The molecule has 28 heavy (non-hydrogen) atoms. The Labute approximate surface area is 175 Å². The van der Waals surface area contributed by atoms with Crippen molar-refractivity contribution in [3.8, 4) is 5.75 Å². The molecule has 8 heteroatoms. The third-order valence-electron chi connectivity index (χ3n) is 5.06. The average molecular weight is 466 g/mol. The molecule has 3 atom stereocenters. The molecule has 2 heterocycles. The molecule has 0 unspecified atom stereocenters. The standard InChI is InChI=1S/C20H18BrClN2O4/c1-10(2)23-19(26)16-17(14-9-11(21)3-8-15(14)25)24(28-18(16)20(23)27)13-6-4-12(22)5-7-13/h3-10,16-18,25H,1-2H3/t16-,17-,18+/m0/s1. The van der Waals surface area contributed by atoms with E-state index >= 15 is 0 Å². The summed E-state index contributed by atoms with van der Waals surface area (Å²) in [6.07, 6.45) is -0.936. The summed E-state index contributed by atoms with van der Waals surface area (Å²) >= 11 is 9.41. The van der Waals surface area contributed by atoms with Gasteiger partial charge in [0, 0.05) is 21.1 Å². The molecular formula is C20H18BrClN2O4. The fourth-order valence-corrected chi connectivity index (χ4v) is 4.34. The summed E-state index contributed by atoms with van der Waals surface area (Å²) in [7, 11) is 0. The van der Waals surface area contributed by atoms with Gasteiger partial charge in [-0.25, -0.2) is 5.06 Å². The molecule has 0 bridgehead atoms. The predicted molar refractivity (Wildman–Crippen MR) is 108 cm³/mol. The highest BCUT2D eigenvalue weighted by molar-refractivity contribution is 9.10. The Hall–Kier alpha value is -2.09. The number of halogens is 2. The number of aromatic hydroxyl groups is 1. The predicted octanol–water partition coefficient (Wildman–Crippen LogP) is 4.06. The molecule has 0 saturated carbocycles. The van der Waals surface area contributed by atoms with Crippen molar-refractivity contribution in [3.05, 3.63) is 57.5 Å². The van der Waals surface area contributed by atoms with Crippen LogP contribution in [0.5, 0.6) is 5.75 Å². The van der Waals surface area contributed by atoms with Crippen molar-refractivity contribution in [2.75, 3.05) is 5.06 Å². The van der Waals surface area contributed by atoms with Crippen LogP contribution in [0.25, 0.3) is 0 Å². The largest absolute Gasteiger partial charge is 0.508 e. The molecule has 4 rings (SSSR count). The molecule has 0 aliphatic carbocycles. The number of hydrogen-bond acceptors (Lipinski definition) is 5. The van der Waals surface area contributed by atoms with Gasteiger partial charge in [-0.3, -0.25) is 19.3 Å². The van der Waals surface area contributed by atoms with Gasteiger partial charge in [-0.2, -0.15) is 0 Å². The molecule has 2 aromatic carbocycles. The second-order valence-corrected chi connectivity index (χ2v) is 8.49. The Balaban J connectivity index is 1.85. The quantitative estimate of drug-likeness (QED) is 0.692. The third kappa shape index (κ3) is 2.98. The Kier molecular flexibility index (Phi) is 4.85. The molecule has 2 aliphatic heterocycles. The first-order valence-electron chi connectivity index (χ1n) is 8.86. The van der Waals surface area contributed by atoms with Crippen molar-refractivity contribution in [1.82, 2.24) is 4.90 Å². The second-order valence-electron chi connectivity index (χ2n) is 7.14. The van der Waals surface area contributed by atoms with Gasteiger partial charge in [0.05, 0.1) is 11.7 Å². The fourth-order valence-electron chi connectivity index (χ4n) is 3.83. The van der Waals surface area contributed by atoms with Gasteiger partial charge in [0.15, 0.2) is 6.10 Å². The van der Waals surface area contributed by atoms with Gasteiger partial charge in [0.2, 0.25) is 5.91 Å². The van der Waals surface area contributed by atoms with E-state index in [1.54, 1.807) is 56.3 Å². The molecule has 2 fully saturated rings. The van der Waals surface area contributed by atoms with Gasteiger partial charge in [-0.15, -0.1) is 0 Å². The number of likely N-dealkylation sites (tertiary alicyclic amines) is 1.